The third-order valence-electron chi connectivity index (χ3n) is 3.30. The standard InChI is InChI=1S/C15H11NOS.C4H11NO/c17-9-8-15-16-13-7-6-12(10-14(13)18-15)11-4-2-1-3-5-11;1-4(2,6)3-5/h1-7,9-10H,8H2;6H,3,5H2,1-2H3. The second kappa shape index (κ2) is 8.15. The number of aldehydes is 1. The van der Waals surface area contributed by atoms with Crippen LogP contribution in [-0.4, -0.2) is 28.5 Å². The van der Waals surface area contributed by atoms with Crippen LogP contribution in [0.1, 0.15) is 18.9 Å². The van der Waals surface area contributed by atoms with Crippen LogP contribution in [0.4, 0.5) is 0 Å². The summed E-state index contributed by atoms with van der Waals surface area (Å²) in [4.78, 5) is 14.9. The lowest BCUT2D eigenvalue weighted by molar-refractivity contribution is -0.107. The maximum absolute atomic E-state index is 10.5. The predicted octanol–water partition coefficient (Wildman–Crippen LogP) is 3.42. The van der Waals surface area contributed by atoms with E-state index >= 15 is 0 Å². The highest BCUT2D eigenvalue weighted by Crippen LogP contribution is 2.28. The number of aliphatic hydroxyl groups is 1. The number of thiazole rings is 1. The predicted molar refractivity (Wildman–Crippen MR) is 100 cm³/mol. The fourth-order valence-electron chi connectivity index (χ4n) is 1.94. The van der Waals surface area contributed by atoms with E-state index in [-0.39, 0.29) is 0 Å². The lowest BCUT2D eigenvalue weighted by atomic mass is 10.1. The Kier molecular flexibility index (Phi) is 6.20. The molecule has 5 heteroatoms. The molecular formula is C19H22N2O2S. The second-order valence-corrected chi connectivity index (χ2v) is 7.16. The van der Waals surface area contributed by atoms with Gasteiger partial charge in [0.15, 0.2) is 0 Å². The van der Waals surface area contributed by atoms with Crippen LogP contribution >= 0.6 is 11.3 Å². The van der Waals surface area contributed by atoms with Crippen LogP contribution in [0.3, 0.4) is 0 Å². The molecule has 24 heavy (non-hydrogen) atoms. The summed E-state index contributed by atoms with van der Waals surface area (Å²) in [6.45, 7) is 3.67. The van der Waals surface area contributed by atoms with Crippen LogP contribution in [0.5, 0.6) is 0 Å². The minimum absolute atomic E-state index is 0.326. The molecule has 126 valence electrons. The van der Waals surface area contributed by atoms with E-state index in [1.165, 1.54) is 11.1 Å². The number of rotatable bonds is 4. The van der Waals surface area contributed by atoms with Gasteiger partial charge in [0.25, 0.3) is 0 Å². The maximum atomic E-state index is 10.5. The van der Waals surface area contributed by atoms with Gasteiger partial charge in [0.1, 0.15) is 11.3 Å². The number of carbonyl (C=O) groups is 1. The first-order chi connectivity index (χ1) is 11.4. The van der Waals surface area contributed by atoms with Gasteiger partial charge in [-0.2, -0.15) is 0 Å². The Morgan fingerprint density at radius 3 is 2.42 bits per heavy atom. The summed E-state index contributed by atoms with van der Waals surface area (Å²) in [5.74, 6) is 0. The fourth-order valence-corrected chi connectivity index (χ4v) is 2.89. The molecule has 0 spiro atoms. The van der Waals surface area contributed by atoms with Gasteiger partial charge in [0, 0.05) is 6.54 Å². The molecule has 1 aromatic heterocycles. The Balaban J connectivity index is 0.000000301. The number of nitrogens with two attached hydrogens (primary N) is 1. The smallest absolute Gasteiger partial charge is 0.126 e. The SMILES string of the molecule is CC(C)(O)CN.O=CCc1nc2ccc(-c3ccccc3)cc2s1. The van der Waals surface area contributed by atoms with Crippen molar-refractivity contribution in [2.75, 3.05) is 6.54 Å². The van der Waals surface area contributed by atoms with E-state index < -0.39 is 5.60 Å². The van der Waals surface area contributed by atoms with Gasteiger partial charge >= 0.3 is 0 Å². The minimum atomic E-state index is -0.681. The molecule has 0 radical (unpaired) electrons. The molecule has 0 fully saturated rings. The first-order valence-electron chi connectivity index (χ1n) is 7.74. The molecule has 0 aliphatic rings. The molecule has 3 N–H and O–H groups in total. The lowest BCUT2D eigenvalue weighted by Gasteiger charge is -2.11. The summed E-state index contributed by atoms with van der Waals surface area (Å²) in [5, 5.41) is 9.58. The number of hydrogen-bond donors (Lipinski definition) is 2. The molecule has 0 aliphatic carbocycles. The van der Waals surface area contributed by atoms with E-state index in [2.05, 4.69) is 29.2 Å². The fraction of sp³-hybridized carbons (Fsp3) is 0.263. The quantitative estimate of drug-likeness (QED) is 0.712. The molecule has 3 aromatic rings. The largest absolute Gasteiger partial charge is 0.389 e. The van der Waals surface area contributed by atoms with Gasteiger partial charge in [-0.05, 0) is 37.1 Å². The zero-order valence-corrected chi connectivity index (χ0v) is 14.7. The highest BCUT2D eigenvalue weighted by atomic mass is 32.1. The topological polar surface area (TPSA) is 76.2 Å². The second-order valence-electron chi connectivity index (χ2n) is 6.04. The van der Waals surface area contributed by atoms with Crippen LogP contribution in [0.15, 0.2) is 48.5 Å². The van der Waals surface area contributed by atoms with Crippen molar-refractivity contribution < 1.29 is 9.90 Å². The third-order valence-corrected chi connectivity index (χ3v) is 4.34. The van der Waals surface area contributed by atoms with Gasteiger partial charge in [0.05, 0.1) is 22.2 Å². The number of carbonyl (C=O) groups excluding carboxylic acids is 1. The summed E-state index contributed by atoms with van der Waals surface area (Å²) >= 11 is 1.59. The normalized spacial score (nSPS) is 11.0. The van der Waals surface area contributed by atoms with Crippen molar-refractivity contribution >= 4 is 27.8 Å². The Bertz CT molecular complexity index is 792. The highest BCUT2D eigenvalue weighted by molar-refractivity contribution is 7.18. The van der Waals surface area contributed by atoms with Crippen molar-refractivity contribution in [3.05, 3.63) is 53.5 Å². The minimum Gasteiger partial charge on any atom is -0.389 e. The first-order valence-corrected chi connectivity index (χ1v) is 8.55. The van der Waals surface area contributed by atoms with Crippen LogP contribution in [0, 0.1) is 0 Å². The summed E-state index contributed by atoms with van der Waals surface area (Å²) in [6.07, 6.45) is 1.30. The van der Waals surface area contributed by atoms with E-state index in [4.69, 9.17) is 10.8 Å². The summed E-state index contributed by atoms with van der Waals surface area (Å²) in [5.41, 5.74) is 7.73. The molecule has 0 saturated heterocycles. The molecule has 2 aromatic carbocycles. The van der Waals surface area contributed by atoms with Gasteiger partial charge < -0.3 is 15.6 Å². The molecule has 1 heterocycles. The molecular weight excluding hydrogens is 320 g/mol. The molecule has 0 atom stereocenters. The van der Waals surface area contributed by atoms with Crippen molar-refractivity contribution in [1.82, 2.24) is 4.98 Å². The van der Waals surface area contributed by atoms with Gasteiger partial charge in [-0.15, -0.1) is 11.3 Å². The highest BCUT2D eigenvalue weighted by Gasteiger charge is 2.06. The van der Waals surface area contributed by atoms with E-state index in [0.717, 1.165) is 21.5 Å². The first kappa shape index (κ1) is 18.3. The average molecular weight is 342 g/mol. The van der Waals surface area contributed by atoms with E-state index in [0.29, 0.717) is 13.0 Å². The molecule has 0 aliphatic heterocycles. The molecule has 3 rings (SSSR count). The van der Waals surface area contributed by atoms with Gasteiger partial charge in [0.2, 0.25) is 0 Å². The Morgan fingerprint density at radius 1 is 1.17 bits per heavy atom. The van der Waals surface area contributed by atoms with E-state index in [1.807, 2.05) is 24.3 Å². The number of fused-ring (bicyclic) bond motifs is 1. The third kappa shape index (κ3) is 5.23. The molecule has 0 saturated carbocycles. The number of nitrogens with zero attached hydrogens (tertiary/aromatic N) is 1. The number of aromatic nitrogens is 1. The Hall–Kier alpha value is -2.08. The summed E-state index contributed by atoms with van der Waals surface area (Å²) in [7, 11) is 0. The summed E-state index contributed by atoms with van der Waals surface area (Å²) < 4.78 is 1.13. The maximum Gasteiger partial charge on any atom is 0.126 e. The van der Waals surface area contributed by atoms with Crippen molar-refractivity contribution in [3.8, 4) is 11.1 Å². The summed E-state index contributed by atoms with van der Waals surface area (Å²) in [6, 6.07) is 16.5. The van der Waals surface area contributed by atoms with Crippen LogP contribution in [-0.2, 0) is 11.2 Å². The van der Waals surface area contributed by atoms with Crippen LogP contribution < -0.4 is 5.73 Å². The van der Waals surface area contributed by atoms with Crippen LogP contribution in [0.2, 0.25) is 0 Å². The van der Waals surface area contributed by atoms with Crippen molar-refractivity contribution in [2.24, 2.45) is 5.73 Å². The van der Waals surface area contributed by atoms with E-state index in [1.54, 1.807) is 25.2 Å². The average Bonchev–Trinajstić information content (AvgIpc) is 2.97. The van der Waals surface area contributed by atoms with Crippen molar-refractivity contribution in [1.29, 1.82) is 0 Å². The molecule has 0 bridgehead atoms. The Morgan fingerprint density at radius 2 is 1.83 bits per heavy atom. The van der Waals surface area contributed by atoms with Crippen molar-refractivity contribution in [2.45, 2.75) is 25.9 Å². The molecule has 0 amide bonds. The van der Waals surface area contributed by atoms with Gasteiger partial charge in [-0.3, -0.25) is 0 Å². The van der Waals surface area contributed by atoms with E-state index in [9.17, 15) is 4.79 Å². The zero-order valence-electron chi connectivity index (χ0n) is 13.9. The lowest BCUT2D eigenvalue weighted by Crippen LogP contribution is -2.29. The monoisotopic (exact) mass is 342 g/mol. The number of benzene rings is 2. The zero-order chi connectivity index (χ0) is 17.6. The Labute approximate surface area is 146 Å². The van der Waals surface area contributed by atoms with Gasteiger partial charge in [-0.1, -0.05) is 36.4 Å². The number of hydrogen-bond acceptors (Lipinski definition) is 5. The van der Waals surface area contributed by atoms with Gasteiger partial charge in [-0.25, -0.2) is 4.98 Å². The molecule has 0 unspecified atom stereocenters. The van der Waals surface area contributed by atoms with Crippen LogP contribution in [0.25, 0.3) is 21.3 Å². The van der Waals surface area contributed by atoms with Crippen molar-refractivity contribution in [3.63, 3.8) is 0 Å². The molecule has 4 nitrogen and oxygen atoms in total.